The number of morpholine rings is 1. The van der Waals surface area contributed by atoms with Gasteiger partial charge < -0.3 is 19.3 Å². The van der Waals surface area contributed by atoms with E-state index < -0.39 is 0 Å². The Balaban J connectivity index is 1.34. The van der Waals surface area contributed by atoms with Gasteiger partial charge in [-0.25, -0.2) is 4.39 Å². The average molecular weight is 441 g/mol. The molecule has 4 rings (SSSR count). The van der Waals surface area contributed by atoms with E-state index in [2.05, 4.69) is 0 Å². The maximum absolute atomic E-state index is 13.9. The summed E-state index contributed by atoms with van der Waals surface area (Å²) in [6.45, 7) is 3.94. The number of hydrogen-bond acceptors (Lipinski definition) is 4. The molecule has 170 valence electrons. The number of piperidine rings is 1. The van der Waals surface area contributed by atoms with Crippen molar-refractivity contribution in [2.75, 3.05) is 46.0 Å². The molecule has 1 unspecified atom stereocenters. The smallest absolute Gasteiger partial charge is 0.257 e. The zero-order valence-corrected chi connectivity index (χ0v) is 18.2. The lowest BCUT2D eigenvalue weighted by atomic mass is 9.98. The monoisotopic (exact) mass is 440 g/mol. The van der Waals surface area contributed by atoms with Crippen molar-refractivity contribution in [1.29, 1.82) is 0 Å². The average Bonchev–Trinajstić information content (AvgIpc) is 2.84. The van der Waals surface area contributed by atoms with Gasteiger partial charge in [0.1, 0.15) is 11.6 Å². The summed E-state index contributed by atoms with van der Waals surface area (Å²) in [7, 11) is 0. The highest BCUT2D eigenvalue weighted by atomic mass is 19.1. The molecule has 2 aromatic carbocycles. The normalized spacial score (nSPS) is 19.0. The number of halogens is 1. The van der Waals surface area contributed by atoms with Gasteiger partial charge in [-0.3, -0.25) is 9.59 Å². The fraction of sp³-hybridized carbons (Fsp3) is 0.440. The van der Waals surface area contributed by atoms with Crippen molar-refractivity contribution in [3.8, 4) is 5.75 Å². The van der Waals surface area contributed by atoms with Crippen LogP contribution in [0.5, 0.6) is 5.75 Å². The second-order valence-electron chi connectivity index (χ2n) is 8.33. The molecule has 2 fully saturated rings. The van der Waals surface area contributed by atoms with Crippen LogP contribution in [0.25, 0.3) is 0 Å². The molecule has 0 aliphatic carbocycles. The molecule has 2 saturated heterocycles. The minimum atomic E-state index is -0.348. The van der Waals surface area contributed by atoms with Gasteiger partial charge in [-0.2, -0.15) is 0 Å². The molecule has 2 amide bonds. The molecular weight excluding hydrogens is 411 g/mol. The van der Waals surface area contributed by atoms with Crippen molar-refractivity contribution in [2.24, 2.45) is 5.92 Å². The number of carbonyl (C=O) groups excluding carboxylic acids is 2. The van der Waals surface area contributed by atoms with Gasteiger partial charge in [0, 0.05) is 32.1 Å². The molecule has 2 heterocycles. The maximum atomic E-state index is 13.9. The van der Waals surface area contributed by atoms with Gasteiger partial charge in [0.15, 0.2) is 0 Å². The van der Waals surface area contributed by atoms with Crippen LogP contribution in [-0.2, 0) is 16.0 Å². The van der Waals surface area contributed by atoms with Crippen LogP contribution in [0.3, 0.4) is 0 Å². The van der Waals surface area contributed by atoms with Crippen molar-refractivity contribution in [1.82, 2.24) is 9.80 Å². The molecule has 0 spiro atoms. The van der Waals surface area contributed by atoms with Crippen molar-refractivity contribution in [2.45, 2.75) is 19.3 Å². The zero-order chi connectivity index (χ0) is 22.3. The van der Waals surface area contributed by atoms with Crippen LogP contribution >= 0.6 is 0 Å². The number of carbonyl (C=O) groups is 2. The lowest BCUT2D eigenvalue weighted by Gasteiger charge is -2.33. The Bertz CT molecular complexity index is 945. The summed E-state index contributed by atoms with van der Waals surface area (Å²) in [6.07, 6.45) is 1.89. The summed E-state index contributed by atoms with van der Waals surface area (Å²) in [5.74, 6) is 0.273. The van der Waals surface area contributed by atoms with Crippen molar-refractivity contribution in [3.05, 3.63) is 65.5 Å². The van der Waals surface area contributed by atoms with E-state index in [-0.39, 0.29) is 30.0 Å². The lowest BCUT2D eigenvalue weighted by molar-refractivity contribution is -0.132. The maximum Gasteiger partial charge on any atom is 0.257 e. The third kappa shape index (κ3) is 5.46. The van der Waals surface area contributed by atoms with Gasteiger partial charge >= 0.3 is 0 Å². The topological polar surface area (TPSA) is 59.1 Å². The van der Waals surface area contributed by atoms with Gasteiger partial charge in [0.25, 0.3) is 5.91 Å². The predicted molar refractivity (Wildman–Crippen MR) is 118 cm³/mol. The van der Waals surface area contributed by atoms with E-state index in [0.717, 1.165) is 12.8 Å². The quantitative estimate of drug-likeness (QED) is 0.693. The van der Waals surface area contributed by atoms with E-state index in [0.29, 0.717) is 62.9 Å². The van der Waals surface area contributed by atoms with Crippen LogP contribution < -0.4 is 4.74 Å². The summed E-state index contributed by atoms with van der Waals surface area (Å²) < 4.78 is 25.3. The second kappa shape index (κ2) is 10.6. The van der Waals surface area contributed by atoms with E-state index in [4.69, 9.17) is 9.47 Å². The Kier molecular flexibility index (Phi) is 7.37. The number of para-hydroxylation sites is 1. The van der Waals surface area contributed by atoms with Crippen LogP contribution in [0.4, 0.5) is 4.39 Å². The number of rotatable bonds is 6. The molecule has 6 nitrogen and oxygen atoms in total. The van der Waals surface area contributed by atoms with Gasteiger partial charge in [-0.05, 0) is 36.6 Å². The molecule has 2 aliphatic rings. The van der Waals surface area contributed by atoms with Crippen molar-refractivity contribution in [3.63, 3.8) is 0 Å². The van der Waals surface area contributed by atoms with Gasteiger partial charge in [-0.15, -0.1) is 0 Å². The fourth-order valence-corrected chi connectivity index (χ4v) is 4.26. The summed E-state index contributed by atoms with van der Waals surface area (Å²) in [6, 6.07) is 13.7. The first-order chi connectivity index (χ1) is 15.6. The molecule has 32 heavy (non-hydrogen) atoms. The van der Waals surface area contributed by atoms with Crippen LogP contribution in [-0.4, -0.2) is 67.6 Å². The lowest BCUT2D eigenvalue weighted by Crippen LogP contribution is -2.42. The first kappa shape index (κ1) is 22.3. The Hall–Kier alpha value is -2.93. The van der Waals surface area contributed by atoms with E-state index in [9.17, 15) is 14.0 Å². The van der Waals surface area contributed by atoms with Gasteiger partial charge in [0.2, 0.25) is 5.91 Å². The number of benzene rings is 2. The largest absolute Gasteiger partial charge is 0.492 e. The standard InChI is InChI=1S/C25H29FN2O4/c26-22-9-3-1-7-20(22)16-24(29)28-11-5-6-19(17-28)18-32-23-10-4-2-8-21(23)25(30)27-12-14-31-15-13-27/h1-4,7-10,19H,5-6,11-18H2. The highest BCUT2D eigenvalue weighted by molar-refractivity contribution is 5.97. The number of likely N-dealkylation sites (tertiary alicyclic amines) is 1. The molecule has 1 atom stereocenters. The molecule has 2 aromatic rings. The number of amides is 2. The first-order valence-electron chi connectivity index (χ1n) is 11.2. The van der Waals surface area contributed by atoms with Crippen molar-refractivity contribution < 1.29 is 23.5 Å². The third-order valence-corrected chi connectivity index (χ3v) is 6.06. The summed E-state index contributed by atoms with van der Waals surface area (Å²) in [5, 5.41) is 0. The van der Waals surface area contributed by atoms with Gasteiger partial charge in [0.05, 0.1) is 31.8 Å². The Morgan fingerprint density at radius 3 is 2.56 bits per heavy atom. The predicted octanol–water partition coefficient (Wildman–Crippen LogP) is 3.16. The molecular formula is C25H29FN2O4. The number of ether oxygens (including phenoxy) is 2. The van der Waals surface area contributed by atoms with Crippen LogP contribution in [0.2, 0.25) is 0 Å². The summed E-state index contributed by atoms with van der Waals surface area (Å²) in [4.78, 5) is 29.2. The number of hydrogen-bond donors (Lipinski definition) is 0. The fourth-order valence-electron chi connectivity index (χ4n) is 4.26. The highest BCUT2D eigenvalue weighted by Crippen LogP contribution is 2.24. The Morgan fingerprint density at radius 2 is 1.75 bits per heavy atom. The first-order valence-corrected chi connectivity index (χ1v) is 11.2. The molecule has 2 aliphatic heterocycles. The second-order valence-corrected chi connectivity index (χ2v) is 8.33. The molecule has 0 aromatic heterocycles. The van der Waals surface area contributed by atoms with E-state index in [1.165, 1.54) is 6.07 Å². The molecule has 7 heteroatoms. The minimum Gasteiger partial charge on any atom is -0.492 e. The third-order valence-electron chi connectivity index (χ3n) is 6.06. The SMILES string of the molecule is O=C(Cc1ccccc1F)N1CCCC(COc2ccccc2C(=O)N2CCOCC2)C1. The van der Waals surface area contributed by atoms with Crippen LogP contribution in [0.1, 0.15) is 28.8 Å². The molecule has 0 N–H and O–H groups in total. The minimum absolute atomic E-state index is 0.0470. The molecule has 0 radical (unpaired) electrons. The Morgan fingerprint density at radius 1 is 1.00 bits per heavy atom. The molecule has 0 saturated carbocycles. The van der Waals surface area contributed by atoms with Crippen molar-refractivity contribution >= 4 is 11.8 Å². The molecule has 0 bridgehead atoms. The van der Waals surface area contributed by atoms with Crippen LogP contribution in [0.15, 0.2) is 48.5 Å². The number of nitrogens with zero attached hydrogens (tertiary/aromatic N) is 2. The highest BCUT2D eigenvalue weighted by Gasteiger charge is 2.26. The van der Waals surface area contributed by atoms with E-state index in [1.807, 2.05) is 18.2 Å². The Labute approximate surface area is 187 Å². The van der Waals surface area contributed by atoms with Gasteiger partial charge in [-0.1, -0.05) is 30.3 Å². The zero-order valence-electron chi connectivity index (χ0n) is 18.2. The van der Waals surface area contributed by atoms with E-state index >= 15 is 0 Å². The van der Waals surface area contributed by atoms with Crippen LogP contribution in [0, 0.1) is 11.7 Å². The van der Waals surface area contributed by atoms with E-state index in [1.54, 1.807) is 34.1 Å². The summed E-state index contributed by atoms with van der Waals surface area (Å²) >= 11 is 0. The summed E-state index contributed by atoms with van der Waals surface area (Å²) in [5.41, 5.74) is 0.976.